The maximum absolute atomic E-state index is 12.3. The molecule has 6 heteroatoms. The highest BCUT2D eigenvalue weighted by Gasteiger charge is 2.24. The van der Waals surface area contributed by atoms with E-state index in [1.807, 2.05) is 0 Å². The fourth-order valence-electron chi connectivity index (χ4n) is 1.68. The van der Waals surface area contributed by atoms with Crippen molar-refractivity contribution >= 4 is 15.8 Å². The van der Waals surface area contributed by atoms with Crippen molar-refractivity contribution in [2.45, 2.75) is 30.4 Å². The van der Waals surface area contributed by atoms with Gasteiger partial charge in [0.25, 0.3) is 0 Å². The second-order valence-corrected chi connectivity index (χ2v) is 6.79. The predicted octanol–water partition coefficient (Wildman–Crippen LogP) is 1.89. The second kappa shape index (κ2) is 6.16. The molecule has 1 N–H and O–H groups in total. The van der Waals surface area contributed by atoms with E-state index in [1.165, 1.54) is 25.3 Å². The standard InChI is InChI=1S/C13H18O5S/c1-9-4-5-11(8-12(9)13(14)15)19(16,17)10(2)6-7-18-3/h4-5,8,10H,6-7H2,1-3H3,(H,14,15). The predicted molar refractivity (Wildman–Crippen MR) is 71.3 cm³/mol. The van der Waals surface area contributed by atoms with Crippen LogP contribution in [0.2, 0.25) is 0 Å². The number of benzene rings is 1. The van der Waals surface area contributed by atoms with E-state index in [0.717, 1.165) is 0 Å². The summed E-state index contributed by atoms with van der Waals surface area (Å²) in [5.74, 6) is -1.13. The lowest BCUT2D eigenvalue weighted by Gasteiger charge is -2.13. The Kier molecular flexibility index (Phi) is 5.08. The number of hydrogen-bond acceptors (Lipinski definition) is 4. The van der Waals surface area contributed by atoms with Crippen LogP contribution in [0, 0.1) is 6.92 Å². The van der Waals surface area contributed by atoms with Gasteiger partial charge in [-0.15, -0.1) is 0 Å². The Labute approximate surface area is 113 Å². The highest BCUT2D eigenvalue weighted by atomic mass is 32.2. The van der Waals surface area contributed by atoms with Crippen LogP contribution in [0.4, 0.5) is 0 Å². The van der Waals surface area contributed by atoms with Crippen LogP contribution in [0.15, 0.2) is 23.1 Å². The van der Waals surface area contributed by atoms with Gasteiger partial charge in [0.05, 0.1) is 15.7 Å². The van der Waals surface area contributed by atoms with Crippen LogP contribution in [0.5, 0.6) is 0 Å². The zero-order chi connectivity index (χ0) is 14.6. The van der Waals surface area contributed by atoms with Crippen molar-refractivity contribution in [1.82, 2.24) is 0 Å². The number of aromatic carboxylic acids is 1. The van der Waals surface area contributed by atoms with E-state index < -0.39 is 21.1 Å². The van der Waals surface area contributed by atoms with Gasteiger partial charge >= 0.3 is 5.97 Å². The van der Waals surface area contributed by atoms with Crippen LogP contribution in [-0.4, -0.2) is 38.5 Å². The SMILES string of the molecule is COCCC(C)S(=O)(=O)c1ccc(C)c(C(=O)O)c1. The van der Waals surface area contributed by atoms with E-state index in [4.69, 9.17) is 9.84 Å². The number of aryl methyl sites for hydroxylation is 1. The van der Waals surface area contributed by atoms with E-state index in [0.29, 0.717) is 18.6 Å². The average Bonchev–Trinajstić information content (AvgIpc) is 2.35. The Morgan fingerprint density at radius 3 is 2.58 bits per heavy atom. The molecule has 0 heterocycles. The van der Waals surface area contributed by atoms with Crippen molar-refractivity contribution in [1.29, 1.82) is 0 Å². The number of carboxylic acid groups (broad SMARTS) is 1. The summed E-state index contributed by atoms with van der Waals surface area (Å²) in [4.78, 5) is 11.1. The van der Waals surface area contributed by atoms with E-state index in [2.05, 4.69) is 0 Å². The van der Waals surface area contributed by atoms with Gasteiger partial charge in [0.1, 0.15) is 0 Å². The number of carboxylic acids is 1. The number of hydrogen-bond donors (Lipinski definition) is 1. The fraction of sp³-hybridized carbons (Fsp3) is 0.462. The summed E-state index contributed by atoms with van der Waals surface area (Å²) in [6, 6.07) is 4.18. The molecule has 0 spiro atoms. The molecule has 0 fully saturated rings. The summed E-state index contributed by atoms with van der Waals surface area (Å²) in [5.41, 5.74) is 0.552. The first-order chi connectivity index (χ1) is 8.80. The van der Waals surface area contributed by atoms with Crippen LogP contribution in [0.25, 0.3) is 0 Å². The van der Waals surface area contributed by atoms with Gasteiger partial charge in [-0.3, -0.25) is 0 Å². The summed E-state index contributed by atoms with van der Waals surface area (Å²) < 4.78 is 29.4. The molecule has 0 radical (unpaired) electrons. The number of rotatable bonds is 6. The average molecular weight is 286 g/mol. The molecule has 5 nitrogen and oxygen atoms in total. The molecule has 0 bridgehead atoms. The number of carbonyl (C=O) groups is 1. The number of sulfone groups is 1. The normalized spacial score (nSPS) is 13.2. The Balaban J connectivity index is 3.15. The Morgan fingerprint density at radius 2 is 2.05 bits per heavy atom. The van der Waals surface area contributed by atoms with Gasteiger partial charge < -0.3 is 9.84 Å². The van der Waals surface area contributed by atoms with Gasteiger partial charge in [0.2, 0.25) is 0 Å². The zero-order valence-electron chi connectivity index (χ0n) is 11.2. The molecule has 0 aliphatic rings. The van der Waals surface area contributed by atoms with Crippen LogP contribution in [0.1, 0.15) is 29.3 Å². The molecule has 0 aromatic heterocycles. The lowest BCUT2D eigenvalue weighted by molar-refractivity contribution is 0.0696. The smallest absolute Gasteiger partial charge is 0.335 e. The Morgan fingerprint density at radius 1 is 1.42 bits per heavy atom. The zero-order valence-corrected chi connectivity index (χ0v) is 12.0. The van der Waals surface area contributed by atoms with Gasteiger partial charge in [-0.2, -0.15) is 0 Å². The quantitative estimate of drug-likeness (QED) is 0.863. The minimum Gasteiger partial charge on any atom is -0.478 e. The molecule has 1 aromatic carbocycles. The molecule has 0 aliphatic carbocycles. The summed E-state index contributed by atoms with van der Waals surface area (Å²) in [7, 11) is -2.02. The van der Waals surface area contributed by atoms with Crippen molar-refractivity contribution in [3.05, 3.63) is 29.3 Å². The number of methoxy groups -OCH3 is 1. The van der Waals surface area contributed by atoms with Crippen molar-refractivity contribution in [3.63, 3.8) is 0 Å². The Bertz CT molecular complexity index is 562. The van der Waals surface area contributed by atoms with Crippen molar-refractivity contribution in [2.75, 3.05) is 13.7 Å². The van der Waals surface area contributed by atoms with E-state index in [-0.39, 0.29) is 10.5 Å². The summed E-state index contributed by atoms with van der Waals surface area (Å²) in [6.07, 6.45) is 0.370. The molecule has 0 saturated heterocycles. The minimum absolute atomic E-state index is 0.0139. The minimum atomic E-state index is -3.53. The highest BCUT2D eigenvalue weighted by molar-refractivity contribution is 7.92. The van der Waals surface area contributed by atoms with E-state index >= 15 is 0 Å². The third-order valence-electron chi connectivity index (χ3n) is 3.03. The fourth-order valence-corrected chi connectivity index (χ4v) is 3.09. The van der Waals surface area contributed by atoms with Gasteiger partial charge in [0, 0.05) is 13.7 Å². The van der Waals surface area contributed by atoms with Gasteiger partial charge in [-0.1, -0.05) is 6.07 Å². The summed E-state index contributed by atoms with van der Waals surface area (Å²) >= 11 is 0. The summed E-state index contributed by atoms with van der Waals surface area (Å²) in [6.45, 7) is 3.57. The van der Waals surface area contributed by atoms with Crippen LogP contribution in [0.3, 0.4) is 0 Å². The first kappa shape index (κ1) is 15.7. The molecule has 1 atom stereocenters. The van der Waals surface area contributed by atoms with Crippen molar-refractivity contribution < 1.29 is 23.1 Å². The molecular formula is C13H18O5S. The monoisotopic (exact) mass is 286 g/mol. The van der Waals surface area contributed by atoms with Crippen LogP contribution >= 0.6 is 0 Å². The molecule has 1 unspecified atom stereocenters. The first-order valence-corrected chi connectivity index (χ1v) is 7.42. The molecule has 106 valence electrons. The molecular weight excluding hydrogens is 268 g/mol. The topological polar surface area (TPSA) is 80.7 Å². The lowest BCUT2D eigenvalue weighted by Crippen LogP contribution is -2.20. The first-order valence-electron chi connectivity index (χ1n) is 5.87. The van der Waals surface area contributed by atoms with E-state index in [9.17, 15) is 13.2 Å². The largest absolute Gasteiger partial charge is 0.478 e. The molecule has 0 amide bonds. The second-order valence-electron chi connectivity index (χ2n) is 4.42. The highest BCUT2D eigenvalue weighted by Crippen LogP contribution is 2.21. The molecule has 0 aliphatic heterocycles. The molecule has 19 heavy (non-hydrogen) atoms. The van der Waals surface area contributed by atoms with Gasteiger partial charge in [-0.05, 0) is 38.0 Å². The summed E-state index contributed by atoms with van der Waals surface area (Å²) in [5, 5.41) is 8.41. The van der Waals surface area contributed by atoms with Crippen LogP contribution < -0.4 is 0 Å². The van der Waals surface area contributed by atoms with Gasteiger partial charge in [0.15, 0.2) is 9.84 Å². The number of ether oxygens (including phenoxy) is 1. The lowest BCUT2D eigenvalue weighted by atomic mass is 10.1. The van der Waals surface area contributed by atoms with Crippen molar-refractivity contribution in [2.24, 2.45) is 0 Å². The third-order valence-corrected chi connectivity index (χ3v) is 5.23. The maximum atomic E-state index is 12.3. The van der Waals surface area contributed by atoms with Crippen molar-refractivity contribution in [3.8, 4) is 0 Å². The Hall–Kier alpha value is -1.40. The van der Waals surface area contributed by atoms with Gasteiger partial charge in [-0.25, -0.2) is 13.2 Å². The van der Waals surface area contributed by atoms with Crippen LogP contribution in [-0.2, 0) is 14.6 Å². The maximum Gasteiger partial charge on any atom is 0.335 e. The third kappa shape index (κ3) is 3.54. The molecule has 0 saturated carbocycles. The molecule has 1 rings (SSSR count). The molecule has 1 aromatic rings. The van der Waals surface area contributed by atoms with E-state index in [1.54, 1.807) is 13.8 Å².